The number of nitrogens with zero attached hydrogens (tertiary/aromatic N) is 1. The van der Waals surface area contributed by atoms with E-state index < -0.39 is 6.61 Å². The second-order valence-electron chi connectivity index (χ2n) is 5.00. The molecule has 2 amide bonds. The third kappa shape index (κ3) is 4.56. The van der Waals surface area contributed by atoms with Crippen molar-refractivity contribution < 1.29 is 23.0 Å². The van der Waals surface area contributed by atoms with Crippen molar-refractivity contribution in [3.63, 3.8) is 0 Å². The highest BCUT2D eigenvalue weighted by Gasteiger charge is 2.25. The molecule has 1 fully saturated rings. The smallest absolute Gasteiger partial charge is 0.387 e. The van der Waals surface area contributed by atoms with E-state index in [1.807, 2.05) is 13.8 Å². The second kappa shape index (κ2) is 6.71. The van der Waals surface area contributed by atoms with E-state index in [1.54, 1.807) is 4.90 Å². The molecule has 7 heteroatoms. The summed E-state index contributed by atoms with van der Waals surface area (Å²) in [5, 5.41) is 2.72. The standard InChI is InChI=1S/C14H18F2N2O3/c1-9-7-18(8-10(2)20-9)14(19)17-11-3-5-12(6-4-11)21-13(15)16/h3-6,9-10,13H,7-8H2,1-2H3,(H,17,19)/t9-,10+. The van der Waals surface area contributed by atoms with Crippen LogP contribution in [0.3, 0.4) is 0 Å². The van der Waals surface area contributed by atoms with Gasteiger partial charge in [0.15, 0.2) is 0 Å². The van der Waals surface area contributed by atoms with Crippen LogP contribution in [0.5, 0.6) is 5.75 Å². The predicted octanol–water partition coefficient (Wildman–Crippen LogP) is 2.93. The zero-order valence-corrected chi connectivity index (χ0v) is 11.9. The Morgan fingerprint density at radius 2 is 1.86 bits per heavy atom. The third-order valence-electron chi connectivity index (χ3n) is 3.04. The van der Waals surface area contributed by atoms with Gasteiger partial charge in [0, 0.05) is 18.8 Å². The van der Waals surface area contributed by atoms with Crippen LogP contribution in [0.25, 0.3) is 0 Å². The number of hydrogen-bond donors (Lipinski definition) is 1. The van der Waals surface area contributed by atoms with Gasteiger partial charge in [-0.2, -0.15) is 8.78 Å². The Morgan fingerprint density at radius 1 is 1.29 bits per heavy atom. The first-order chi connectivity index (χ1) is 9.94. The number of amides is 2. The zero-order valence-electron chi connectivity index (χ0n) is 11.9. The molecule has 1 aliphatic heterocycles. The molecule has 1 aliphatic rings. The molecule has 0 saturated carbocycles. The van der Waals surface area contributed by atoms with Gasteiger partial charge in [-0.05, 0) is 38.1 Å². The van der Waals surface area contributed by atoms with E-state index in [0.717, 1.165) is 0 Å². The molecule has 1 heterocycles. The van der Waals surface area contributed by atoms with Crippen molar-refractivity contribution in [1.82, 2.24) is 4.90 Å². The van der Waals surface area contributed by atoms with Crippen LogP contribution in [0.15, 0.2) is 24.3 Å². The van der Waals surface area contributed by atoms with E-state index in [9.17, 15) is 13.6 Å². The van der Waals surface area contributed by atoms with E-state index in [-0.39, 0.29) is 24.0 Å². The number of anilines is 1. The van der Waals surface area contributed by atoms with Gasteiger partial charge in [-0.3, -0.25) is 0 Å². The van der Waals surface area contributed by atoms with Crippen LogP contribution < -0.4 is 10.1 Å². The monoisotopic (exact) mass is 300 g/mol. The van der Waals surface area contributed by atoms with Crippen LogP contribution in [-0.2, 0) is 4.74 Å². The van der Waals surface area contributed by atoms with Gasteiger partial charge in [-0.25, -0.2) is 4.79 Å². The number of carbonyl (C=O) groups excluding carboxylic acids is 1. The average Bonchev–Trinajstić information content (AvgIpc) is 2.39. The van der Waals surface area contributed by atoms with Gasteiger partial charge >= 0.3 is 12.6 Å². The Kier molecular flexibility index (Phi) is 4.95. The number of benzene rings is 1. The predicted molar refractivity (Wildman–Crippen MR) is 73.7 cm³/mol. The van der Waals surface area contributed by atoms with Gasteiger partial charge in [-0.15, -0.1) is 0 Å². The number of morpholine rings is 1. The lowest BCUT2D eigenvalue weighted by atomic mass is 10.2. The molecule has 21 heavy (non-hydrogen) atoms. The molecule has 1 saturated heterocycles. The zero-order chi connectivity index (χ0) is 15.4. The van der Waals surface area contributed by atoms with Crippen LogP contribution in [0.1, 0.15) is 13.8 Å². The van der Waals surface area contributed by atoms with Crippen LogP contribution in [0.4, 0.5) is 19.3 Å². The number of rotatable bonds is 3. The van der Waals surface area contributed by atoms with E-state index in [1.165, 1.54) is 24.3 Å². The van der Waals surface area contributed by atoms with Gasteiger partial charge in [0.25, 0.3) is 0 Å². The average molecular weight is 300 g/mol. The molecule has 0 radical (unpaired) electrons. The first-order valence-corrected chi connectivity index (χ1v) is 6.70. The lowest BCUT2D eigenvalue weighted by Gasteiger charge is -2.35. The molecule has 0 aliphatic carbocycles. The topological polar surface area (TPSA) is 50.8 Å². The molecule has 116 valence electrons. The van der Waals surface area contributed by atoms with Crippen LogP contribution in [0, 0.1) is 0 Å². The number of ether oxygens (including phenoxy) is 2. The molecule has 0 aromatic heterocycles. The molecule has 5 nitrogen and oxygen atoms in total. The van der Waals surface area contributed by atoms with Crippen molar-refractivity contribution in [1.29, 1.82) is 0 Å². The minimum atomic E-state index is -2.86. The van der Waals surface area contributed by atoms with Gasteiger partial charge in [0.2, 0.25) is 0 Å². The quantitative estimate of drug-likeness (QED) is 0.933. The second-order valence-corrected chi connectivity index (χ2v) is 5.00. The highest BCUT2D eigenvalue weighted by atomic mass is 19.3. The van der Waals surface area contributed by atoms with E-state index >= 15 is 0 Å². The summed E-state index contributed by atoms with van der Waals surface area (Å²) in [6.45, 7) is 1.99. The molecule has 2 atom stereocenters. The summed E-state index contributed by atoms with van der Waals surface area (Å²) in [4.78, 5) is 13.8. The van der Waals surface area contributed by atoms with E-state index in [2.05, 4.69) is 10.1 Å². The normalized spacial score (nSPS) is 22.2. The number of urea groups is 1. The molecule has 1 aromatic rings. The molecule has 0 bridgehead atoms. The van der Waals surface area contributed by atoms with Gasteiger partial charge in [-0.1, -0.05) is 0 Å². The SMILES string of the molecule is C[C@@H]1CN(C(=O)Nc2ccc(OC(F)F)cc2)C[C@H](C)O1. The maximum Gasteiger partial charge on any atom is 0.387 e. The lowest BCUT2D eigenvalue weighted by Crippen LogP contribution is -2.49. The summed E-state index contributed by atoms with van der Waals surface area (Å²) in [5.41, 5.74) is 0.522. The summed E-state index contributed by atoms with van der Waals surface area (Å²) < 4.78 is 33.9. The molecular weight excluding hydrogens is 282 g/mol. The van der Waals surface area contributed by atoms with E-state index in [0.29, 0.717) is 18.8 Å². The number of carbonyl (C=O) groups is 1. The maximum atomic E-state index is 12.1. The van der Waals surface area contributed by atoms with E-state index in [4.69, 9.17) is 4.74 Å². The van der Waals surface area contributed by atoms with Crippen molar-refractivity contribution in [3.05, 3.63) is 24.3 Å². The molecule has 1 aromatic carbocycles. The summed E-state index contributed by atoms with van der Waals surface area (Å²) >= 11 is 0. The Balaban J connectivity index is 1.93. The molecular formula is C14H18F2N2O3. The van der Waals surface area contributed by atoms with Crippen molar-refractivity contribution in [2.24, 2.45) is 0 Å². The largest absolute Gasteiger partial charge is 0.435 e. The summed E-state index contributed by atoms with van der Waals surface area (Å²) in [7, 11) is 0. The molecule has 0 spiro atoms. The first-order valence-electron chi connectivity index (χ1n) is 6.70. The van der Waals surface area contributed by atoms with Crippen molar-refractivity contribution in [2.45, 2.75) is 32.7 Å². The highest BCUT2D eigenvalue weighted by molar-refractivity contribution is 5.89. The number of hydrogen-bond acceptors (Lipinski definition) is 3. The Hall–Kier alpha value is -1.89. The number of alkyl halides is 2. The van der Waals surface area contributed by atoms with Crippen molar-refractivity contribution >= 4 is 11.7 Å². The Labute approximate surface area is 121 Å². The fraction of sp³-hybridized carbons (Fsp3) is 0.500. The fourth-order valence-electron chi connectivity index (χ4n) is 2.27. The Morgan fingerprint density at radius 3 is 2.38 bits per heavy atom. The molecule has 2 rings (SSSR count). The third-order valence-corrected chi connectivity index (χ3v) is 3.04. The minimum absolute atomic E-state index is 0.0127. The van der Waals surface area contributed by atoms with Crippen molar-refractivity contribution in [3.8, 4) is 5.75 Å². The van der Waals surface area contributed by atoms with Crippen molar-refractivity contribution in [2.75, 3.05) is 18.4 Å². The number of halogens is 2. The minimum Gasteiger partial charge on any atom is -0.435 e. The first kappa shape index (κ1) is 15.5. The van der Waals surface area contributed by atoms with Crippen LogP contribution >= 0.6 is 0 Å². The van der Waals surface area contributed by atoms with Gasteiger partial charge in [0.05, 0.1) is 12.2 Å². The van der Waals surface area contributed by atoms with Crippen LogP contribution in [-0.4, -0.2) is 42.8 Å². The Bertz CT molecular complexity index is 472. The summed E-state index contributed by atoms with van der Waals surface area (Å²) in [5.74, 6) is 0.0524. The van der Waals surface area contributed by atoms with Gasteiger partial charge in [0.1, 0.15) is 5.75 Å². The van der Waals surface area contributed by atoms with Gasteiger partial charge < -0.3 is 19.7 Å². The summed E-state index contributed by atoms with van der Waals surface area (Å²) in [6.07, 6.45) is -0.0253. The highest BCUT2D eigenvalue weighted by Crippen LogP contribution is 2.19. The lowest BCUT2D eigenvalue weighted by molar-refractivity contribution is -0.0530. The molecule has 0 unspecified atom stereocenters. The maximum absolute atomic E-state index is 12.1. The summed E-state index contributed by atoms with van der Waals surface area (Å²) in [6, 6.07) is 5.56. The van der Waals surface area contributed by atoms with Crippen LogP contribution in [0.2, 0.25) is 0 Å². The number of nitrogens with one attached hydrogen (secondary N) is 1. The molecule has 1 N–H and O–H groups in total. The fourth-order valence-corrected chi connectivity index (χ4v) is 2.27.